The first kappa shape index (κ1) is 12.1. The van der Waals surface area contributed by atoms with Crippen LogP contribution >= 0.6 is 11.3 Å². The molecule has 2 rings (SSSR count). The van der Waals surface area contributed by atoms with Gasteiger partial charge in [0, 0.05) is 22.3 Å². The molecule has 1 aromatic heterocycles. The van der Waals surface area contributed by atoms with Crippen molar-refractivity contribution in [2.24, 2.45) is 5.92 Å². The highest BCUT2D eigenvalue weighted by atomic mass is 32.1. The summed E-state index contributed by atoms with van der Waals surface area (Å²) in [6.45, 7) is 5.68. The van der Waals surface area contributed by atoms with Gasteiger partial charge in [0.05, 0.1) is 0 Å². The number of nitrogens with one attached hydrogen (secondary N) is 1. The maximum atomic E-state index is 3.72. The van der Waals surface area contributed by atoms with Gasteiger partial charge in [0.15, 0.2) is 0 Å². The molecule has 1 aliphatic rings. The molecule has 0 aromatic carbocycles. The van der Waals surface area contributed by atoms with Crippen LogP contribution in [0.1, 0.15) is 49.3 Å². The zero-order valence-electron chi connectivity index (χ0n) is 10.5. The van der Waals surface area contributed by atoms with Crippen molar-refractivity contribution in [3.8, 4) is 0 Å². The molecule has 90 valence electrons. The smallest absolute Gasteiger partial charge is 0.0302 e. The van der Waals surface area contributed by atoms with Gasteiger partial charge in [0.1, 0.15) is 0 Å². The minimum Gasteiger partial charge on any atom is -0.309 e. The Hall–Kier alpha value is -0.340. The van der Waals surface area contributed by atoms with Gasteiger partial charge < -0.3 is 5.32 Å². The molecule has 1 nitrogen and oxygen atoms in total. The minimum atomic E-state index is 0.760. The lowest BCUT2D eigenvalue weighted by Gasteiger charge is -2.27. The molecule has 1 fully saturated rings. The number of rotatable bonds is 4. The van der Waals surface area contributed by atoms with Crippen LogP contribution in [0.2, 0.25) is 0 Å². The van der Waals surface area contributed by atoms with Gasteiger partial charge in [-0.2, -0.15) is 0 Å². The molecular formula is C14H23NS. The van der Waals surface area contributed by atoms with Crippen molar-refractivity contribution in [2.75, 3.05) is 0 Å². The zero-order valence-corrected chi connectivity index (χ0v) is 11.3. The van der Waals surface area contributed by atoms with Gasteiger partial charge in [0.2, 0.25) is 0 Å². The minimum absolute atomic E-state index is 0.760. The molecule has 0 amide bonds. The average Bonchev–Trinajstić information content (AvgIpc) is 2.74. The van der Waals surface area contributed by atoms with E-state index in [-0.39, 0.29) is 0 Å². The van der Waals surface area contributed by atoms with Crippen molar-refractivity contribution in [2.45, 2.75) is 58.5 Å². The van der Waals surface area contributed by atoms with Crippen molar-refractivity contribution in [3.63, 3.8) is 0 Å². The molecular weight excluding hydrogens is 214 g/mol. The van der Waals surface area contributed by atoms with Crippen LogP contribution in [-0.4, -0.2) is 6.04 Å². The maximum Gasteiger partial charge on any atom is 0.0302 e. The second-order valence-corrected chi connectivity index (χ2v) is 6.32. The van der Waals surface area contributed by atoms with Crippen LogP contribution < -0.4 is 5.32 Å². The molecule has 0 radical (unpaired) electrons. The fourth-order valence-corrected chi connectivity index (χ4v) is 3.48. The van der Waals surface area contributed by atoms with Crippen LogP contribution in [0, 0.1) is 5.92 Å². The SMILES string of the molecule is CCc1ccc(CNC2CCCC(C)C2)s1. The molecule has 0 aliphatic heterocycles. The molecule has 2 heteroatoms. The monoisotopic (exact) mass is 237 g/mol. The summed E-state index contributed by atoms with van der Waals surface area (Å²) in [5.41, 5.74) is 0. The third-order valence-corrected chi connectivity index (χ3v) is 4.80. The Morgan fingerprint density at radius 1 is 1.31 bits per heavy atom. The molecule has 1 N–H and O–H groups in total. The van der Waals surface area contributed by atoms with Crippen LogP contribution in [0.15, 0.2) is 12.1 Å². The number of thiophene rings is 1. The van der Waals surface area contributed by atoms with Crippen LogP contribution in [0.3, 0.4) is 0 Å². The maximum absolute atomic E-state index is 3.72. The predicted molar refractivity (Wildman–Crippen MR) is 72.0 cm³/mol. The zero-order chi connectivity index (χ0) is 11.4. The lowest BCUT2D eigenvalue weighted by molar-refractivity contribution is 0.301. The Kier molecular flexibility index (Phi) is 4.42. The Labute approximate surface area is 103 Å². The van der Waals surface area contributed by atoms with E-state index in [4.69, 9.17) is 0 Å². The van der Waals surface area contributed by atoms with Crippen LogP contribution in [-0.2, 0) is 13.0 Å². The fourth-order valence-electron chi connectivity index (χ4n) is 2.57. The van der Waals surface area contributed by atoms with Crippen molar-refractivity contribution in [1.82, 2.24) is 5.32 Å². The topological polar surface area (TPSA) is 12.0 Å². The normalized spacial score (nSPS) is 25.9. The van der Waals surface area contributed by atoms with E-state index in [1.807, 2.05) is 11.3 Å². The Bertz CT molecular complexity index is 318. The van der Waals surface area contributed by atoms with E-state index < -0.39 is 0 Å². The highest BCUT2D eigenvalue weighted by Crippen LogP contribution is 2.24. The highest BCUT2D eigenvalue weighted by molar-refractivity contribution is 7.11. The molecule has 1 saturated carbocycles. The van der Waals surface area contributed by atoms with Gasteiger partial charge in [-0.3, -0.25) is 0 Å². The number of aryl methyl sites for hydroxylation is 1. The summed E-state index contributed by atoms with van der Waals surface area (Å²) in [4.78, 5) is 3.00. The first-order chi connectivity index (χ1) is 7.78. The fraction of sp³-hybridized carbons (Fsp3) is 0.714. The first-order valence-corrected chi connectivity index (χ1v) is 7.40. The Morgan fingerprint density at radius 3 is 2.81 bits per heavy atom. The second kappa shape index (κ2) is 5.83. The third kappa shape index (κ3) is 3.33. The first-order valence-electron chi connectivity index (χ1n) is 6.59. The molecule has 2 unspecified atom stereocenters. The van der Waals surface area contributed by atoms with Crippen LogP contribution in [0.5, 0.6) is 0 Å². The summed E-state index contributed by atoms with van der Waals surface area (Å²) in [7, 11) is 0. The van der Waals surface area contributed by atoms with E-state index in [9.17, 15) is 0 Å². The predicted octanol–water partition coefficient (Wildman–Crippen LogP) is 3.98. The quantitative estimate of drug-likeness (QED) is 0.835. The molecule has 1 aliphatic carbocycles. The summed E-state index contributed by atoms with van der Waals surface area (Å²) < 4.78 is 0. The van der Waals surface area contributed by atoms with Crippen molar-refractivity contribution >= 4 is 11.3 Å². The van der Waals surface area contributed by atoms with Crippen LogP contribution in [0.4, 0.5) is 0 Å². The van der Waals surface area contributed by atoms with E-state index in [0.717, 1.165) is 18.5 Å². The molecule has 1 heterocycles. The van der Waals surface area contributed by atoms with Gasteiger partial charge in [-0.25, -0.2) is 0 Å². The van der Waals surface area contributed by atoms with E-state index in [1.54, 1.807) is 0 Å². The van der Waals surface area contributed by atoms with Gasteiger partial charge in [-0.1, -0.05) is 26.7 Å². The largest absolute Gasteiger partial charge is 0.309 e. The van der Waals surface area contributed by atoms with Crippen molar-refractivity contribution in [1.29, 1.82) is 0 Å². The standard InChI is InChI=1S/C14H23NS/c1-3-13-7-8-14(16-13)10-15-12-6-4-5-11(2)9-12/h7-8,11-12,15H,3-6,9-10H2,1-2H3. The van der Waals surface area contributed by atoms with Gasteiger partial charge in [-0.15, -0.1) is 11.3 Å². The van der Waals surface area contributed by atoms with Gasteiger partial charge >= 0.3 is 0 Å². The lowest BCUT2D eigenvalue weighted by atomic mass is 9.87. The molecule has 1 aromatic rings. The van der Waals surface area contributed by atoms with Gasteiger partial charge in [-0.05, 0) is 37.3 Å². The molecule has 16 heavy (non-hydrogen) atoms. The summed E-state index contributed by atoms with van der Waals surface area (Å²) in [5, 5.41) is 3.72. The molecule has 0 saturated heterocycles. The molecule has 0 spiro atoms. The Balaban J connectivity index is 1.78. The summed E-state index contributed by atoms with van der Waals surface area (Å²) in [6.07, 6.45) is 6.74. The van der Waals surface area contributed by atoms with E-state index in [2.05, 4.69) is 31.3 Å². The van der Waals surface area contributed by atoms with Crippen LogP contribution in [0.25, 0.3) is 0 Å². The lowest BCUT2D eigenvalue weighted by Crippen LogP contribution is -2.32. The van der Waals surface area contributed by atoms with E-state index in [1.165, 1.54) is 41.9 Å². The highest BCUT2D eigenvalue weighted by Gasteiger charge is 2.18. The number of hydrogen-bond acceptors (Lipinski definition) is 2. The van der Waals surface area contributed by atoms with Crippen molar-refractivity contribution in [3.05, 3.63) is 21.9 Å². The molecule has 2 atom stereocenters. The van der Waals surface area contributed by atoms with Gasteiger partial charge in [0.25, 0.3) is 0 Å². The summed E-state index contributed by atoms with van der Waals surface area (Å²) in [5.74, 6) is 0.917. The number of hydrogen-bond donors (Lipinski definition) is 1. The summed E-state index contributed by atoms with van der Waals surface area (Å²) in [6, 6.07) is 5.31. The second-order valence-electron chi connectivity index (χ2n) is 5.07. The third-order valence-electron chi connectivity index (χ3n) is 3.57. The average molecular weight is 237 g/mol. The van der Waals surface area contributed by atoms with E-state index >= 15 is 0 Å². The van der Waals surface area contributed by atoms with Crippen molar-refractivity contribution < 1.29 is 0 Å². The molecule has 0 bridgehead atoms. The van der Waals surface area contributed by atoms with E-state index in [0.29, 0.717) is 0 Å². The summed E-state index contributed by atoms with van der Waals surface area (Å²) >= 11 is 1.96. The Morgan fingerprint density at radius 2 is 2.12 bits per heavy atom.